The zero-order valence-electron chi connectivity index (χ0n) is 20.8. The van der Waals surface area contributed by atoms with Gasteiger partial charge in [-0.3, -0.25) is 9.59 Å². The number of rotatable bonds is 4. The number of H-pyrrole nitrogens is 1. The van der Waals surface area contributed by atoms with Gasteiger partial charge in [-0.2, -0.15) is 0 Å². The standard InChI is InChI=1S/C29H28ClN5O3/c30-23-6-2-1-5-22(23)26(36)28(38)35-12-11-19-17-20(9-10-21(19)18-35)27(37)33-13-15-34(16-14-33)29-31-24-7-3-4-8-25(24)32-29/h1-10,17,26,36H,11-16,18H2,(H,31,32)/t26-/m1/s1. The molecule has 3 aromatic carbocycles. The van der Waals surface area contributed by atoms with Crippen molar-refractivity contribution in [1.29, 1.82) is 0 Å². The molecule has 0 bridgehead atoms. The van der Waals surface area contributed by atoms with E-state index >= 15 is 0 Å². The fraction of sp³-hybridized carbons (Fsp3) is 0.276. The van der Waals surface area contributed by atoms with Crippen molar-refractivity contribution in [3.8, 4) is 0 Å². The minimum absolute atomic E-state index is 0.0182. The molecule has 1 fully saturated rings. The lowest BCUT2D eigenvalue weighted by Crippen LogP contribution is -2.49. The molecule has 38 heavy (non-hydrogen) atoms. The highest BCUT2D eigenvalue weighted by Crippen LogP contribution is 2.28. The van der Waals surface area contributed by atoms with Crippen LogP contribution in [0, 0.1) is 0 Å². The number of benzene rings is 3. The van der Waals surface area contributed by atoms with E-state index in [0.717, 1.165) is 28.1 Å². The van der Waals surface area contributed by atoms with Gasteiger partial charge in [-0.25, -0.2) is 4.98 Å². The summed E-state index contributed by atoms with van der Waals surface area (Å²) >= 11 is 6.18. The summed E-state index contributed by atoms with van der Waals surface area (Å²) in [5, 5.41) is 11.0. The first-order chi connectivity index (χ1) is 18.5. The fourth-order valence-corrected chi connectivity index (χ4v) is 5.51. The first kappa shape index (κ1) is 24.5. The van der Waals surface area contributed by atoms with Crippen LogP contribution >= 0.6 is 11.6 Å². The van der Waals surface area contributed by atoms with Gasteiger partial charge in [0, 0.05) is 55.4 Å². The summed E-state index contributed by atoms with van der Waals surface area (Å²) < 4.78 is 0. The van der Waals surface area contributed by atoms with E-state index in [1.807, 2.05) is 47.4 Å². The molecular formula is C29H28ClN5O3. The average molecular weight is 530 g/mol. The Kier molecular flexibility index (Phi) is 6.51. The first-order valence-corrected chi connectivity index (χ1v) is 13.2. The lowest BCUT2D eigenvalue weighted by Gasteiger charge is -2.35. The van der Waals surface area contributed by atoms with Crippen molar-refractivity contribution in [2.75, 3.05) is 37.6 Å². The van der Waals surface area contributed by atoms with E-state index in [9.17, 15) is 14.7 Å². The lowest BCUT2D eigenvalue weighted by molar-refractivity contribution is -0.141. The Morgan fingerprint density at radius 3 is 2.45 bits per heavy atom. The van der Waals surface area contributed by atoms with Crippen molar-refractivity contribution in [2.24, 2.45) is 0 Å². The zero-order chi connectivity index (χ0) is 26.2. The Hall–Kier alpha value is -3.88. The number of aromatic amines is 1. The number of imidazole rings is 1. The van der Waals surface area contributed by atoms with Crippen LogP contribution in [0.4, 0.5) is 5.95 Å². The monoisotopic (exact) mass is 529 g/mol. The molecule has 0 spiro atoms. The van der Waals surface area contributed by atoms with Crippen LogP contribution in [0.5, 0.6) is 0 Å². The number of aliphatic hydroxyl groups is 1. The normalized spacial score (nSPS) is 16.4. The van der Waals surface area contributed by atoms with Crippen LogP contribution in [-0.2, 0) is 17.8 Å². The first-order valence-electron chi connectivity index (χ1n) is 12.8. The minimum atomic E-state index is -1.30. The van der Waals surface area contributed by atoms with Crippen molar-refractivity contribution in [3.63, 3.8) is 0 Å². The summed E-state index contributed by atoms with van der Waals surface area (Å²) in [4.78, 5) is 40.0. The summed E-state index contributed by atoms with van der Waals surface area (Å²) in [5.74, 6) is 0.488. The number of hydrogen-bond acceptors (Lipinski definition) is 5. The van der Waals surface area contributed by atoms with Crippen molar-refractivity contribution in [1.82, 2.24) is 19.8 Å². The number of nitrogens with zero attached hydrogens (tertiary/aromatic N) is 4. The number of aliphatic hydroxyl groups excluding tert-OH is 1. The van der Waals surface area contributed by atoms with E-state index in [2.05, 4.69) is 14.9 Å². The predicted octanol–water partition coefficient (Wildman–Crippen LogP) is 3.80. The Labute approximate surface area is 225 Å². The fourth-order valence-electron chi connectivity index (χ4n) is 5.27. The van der Waals surface area contributed by atoms with Crippen molar-refractivity contribution < 1.29 is 14.7 Å². The number of aromatic nitrogens is 2. The highest BCUT2D eigenvalue weighted by atomic mass is 35.5. The second-order valence-electron chi connectivity index (χ2n) is 9.77. The lowest BCUT2D eigenvalue weighted by atomic mass is 9.96. The minimum Gasteiger partial charge on any atom is -0.378 e. The van der Waals surface area contributed by atoms with Gasteiger partial charge in [-0.05, 0) is 47.9 Å². The van der Waals surface area contributed by atoms with Crippen LogP contribution < -0.4 is 4.90 Å². The van der Waals surface area contributed by atoms with Crippen molar-refractivity contribution >= 4 is 40.4 Å². The van der Waals surface area contributed by atoms with Crippen LogP contribution in [0.3, 0.4) is 0 Å². The number of nitrogens with one attached hydrogen (secondary N) is 1. The summed E-state index contributed by atoms with van der Waals surface area (Å²) in [7, 11) is 0. The topological polar surface area (TPSA) is 92.8 Å². The maximum absolute atomic E-state index is 13.3. The molecule has 1 atom stereocenters. The maximum Gasteiger partial charge on any atom is 0.256 e. The van der Waals surface area contributed by atoms with E-state index in [-0.39, 0.29) is 11.8 Å². The number of carbonyl (C=O) groups is 2. The van der Waals surface area contributed by atoms with Crippen LogP contribution in [-0.4, -0.2) is 69.4 Å². The van der Waals surface area contributed by atoms with Gasteiger partial charge in [0.15, 0.2) is 6.10 Å². The van der Waals surface area contributed by atoms with E-state index < -0.39 is 6.10 Å². The molecule has 4 aromatic rings. The molecule has 0 saturated carbocycles. The van der Waals surface area contributed by atoms with E-state index in [0.29, 0.717) is 61.8 Å². The highest BCUT2D eigenvalue weighted by Gasteiger charge is 2.29. The van der Waals surface area contributed by atoms with Gasteiger partial charge < -0.3 is 24.8 Å². The van der Waals surface area contributed by atoms with Crippen molar-refractivity contribution in [3.05, 3.63) is 94.0 Å². The van der Waals surface area contributed by atoms with Gasteiger partial charge in [0.05, 0.1) is 11.0 Å². The molecule has 0 radical (unpaired) electrons. The van der Waals surface area contributed by atoms with Gasteiger partial charge >= 0.3 is 0 Å². The molecule has 2 N–H and O–H groups in total. The summed E-state index contributed by atoms with van der Waals surface area (Å²) in [6, 6.07) is 20.5. The molecule has 1 aromatic heterocycles. The molecule has 9 heteroatoms. The van der Waals surface area contributed by atoms with Gasteiger partial charge in [0.2, 0.25) is 5.95 Å². The number of carbonyl (C=O) groups excluding carboxylic acids is 2. The number of para-hydroxylation sites is 2. The number of halogens is 1. The summed E-state index contributed by atoms with van der Waals surface area (Å²) in [6.45, 7) is 3.52. The maximum atomic E-state index is 13.3. The van der Waals surface area contributed by atoms with Crippen LogP contribution in [0.25, 0.3) is 11.0 Å². The van der Waals surface area contributed by atoms with Gasteiger partial charge in [0.1, 0.15) is 0 Å². The van der Waals surface area contributed by atoms with Gasteiger partial charge in [-0.1, -0.05) is 48.0 Å². The molecular weight excluding hydrogens is 502 g/mol. The van der Waals surface area contributed by atoms with Crippen LogP contribution in [0.2, 0.25) is 5.02 Å². The summed E-state index contributed by atoms with van der Waals surface area (Å²) in [5.41, 5.74) is 5.07. The SMILES string of the molecule is O=C(c1ccc2c(c1)CCN(C(=O)[C@H](O)c1ccccc1Cl)C2)N1CCN(c2nc3ccccc3[nH]2)CC1. The Balaban J connectivity index is 1.09. The smallest absolute Gasteiger partial charge is 0.256 e. The third-order valence-corrected chi connectivity index (χ3v) is 7.80. The van der Waals surface area contributed by atoms with Crippen LogP contribution in [0.1, 0.15) is 33.2 Å². The second-order valence-corrected chi connectivity index (χ2v) is 10.2. The molecule has 0 aliphatic carbocycles. The molecule has 0 unspecified atom stereocenters. The Morgan fingerprint density at radius 1 is 0.895 bits per heavy atom. The van der Waals surface area contributed by atoms with E-state index in [1.54, 1.807) is 29.2 Å². The van der Waals surface area contributed by atoms with Gasteiger partial charge in [-0.15, -0.1) is 0 Å². The number of amides is 2. The number of hydrogen-bond donors (Lipinski definition) is 2. The third-order valence-electron chi connectivity index (χ3n) is 7.45. The van der Waals surface area contributed by atoms with E-state index in [4.69, 9.17) is 11.6 Å². The number of anilines is 1. The summed E-state index contributed by atoms with van der Waals surface area (Å²) in [6.07, 6.45) is -0.679. The Bertz CT molecular complexity index is 1480. The zero-order valence-corrected chi connectivity index (χ0v) is 21.6. The van der Waals surface area contributed by atoms with Crippen LogP contribution in [0.15, 0.2) is 66.7 Å². The number of piperazine rings is 1. The molecule has 2 amide bonds. The highest BCUT2D eigenvalue weighted by molar-refractivity contribution is 6.31. The molecule has 1 saturated heterocycles. The molecule has 8 nitrogen and oxygen atoms in total. The van der Waals surface area contributed by atoms with E-state index in [1.165, 1.54) is 0 Å². The molecule has 194 valence electrons. The third kappa shape index (κ3) is 4.61. The van der Waals surface area contributed by atoms with Gasteiger partial charge in [0.25, 0.3) is 11.8 Å². The quantitative estimate of drug-likeness (QED) is 0.419. The molecule has 2 aliphatic rings. The largest absolute Gasteiger partial charge is 0.378 e. The second kappa shape index (κ2) is 10.1. The predicted molar refractivity (Wildman–Crippen MR) is 146 cm³/mol. The Morgan fingerprint density at radius 2 is 1.66 bits per heavy atom. The number of fused-ring (bicyclic) bond motifs is 2. The molecule has 3 heterocycles. The molecule has 6 rings (SSSR count). The average Bonchev–Trinajstić information content (AvgIpc) is 3.40. The van der Waals surface area contributed by atoms with Crippen molar-refractivity contribution in [2.45, 2.75) is 19.1 Å². The molecule has 2 aliphatic heterocycles.